The molecule has 4 rings (SSSR count). The zero-order valence-electron chi connectivity index (χ0n) is 15.9. The van der Waals surface area contributed by atoms with Crippen LogP contribution in [-0.4, -0.2) is 64.7 Å². The van der Waals surface area contributed by atoms with Crippen LogP contribution in [0.4, 0.5) is 0 Å². The fourth-order valence-corrected chi connectivity index (χ4v) is 6.87. The number of sulfonamides is 1. The number of piperazine rings is 1. The van der Waals surface area contributed by atoms with Crippen LogP contribution in [0.15, 0.2) is 34.8 Å². The predicted molar refractivity (Wildman–Crippen MR) is 112 cm³/mol. The van der Waals surface area contributed by atoms with Gasteiger partial charge < -0.3 is 4.90 Å². The van der Waals surface area contributed by atoms with Crippen LogP contribution in [0.1, 0.15) is 20.2 Å². The van der Waals surface area contributed by atoms with Crippen molar-refractivity contribution in [1.29, 1.82) is 0 Å². The van der Waals surface area contributed by atoms with E-state index in [4.69, 9.17) is 0 Å². The fourth-order valence-electron chi connectivity index (χ4n) is 3.18. The summed E-state index contributed by atoms with van der Waals surface area (Å²) in [5.74, 6) is 0.275. The normalized spacial score (nSPS) is 15.6. The molecule has 4 heterocycles. The van der Waals surface area contributed by atoms with Crippen molar-refractivity contribution in [3.63, 3.8) is 0 Å². The first-order valence-electron chi connectivity index (χ1n) is 8.95. The van der Waals surface area contributed by atoms with Crippen molar-refractivity contribution < 1.29 is 13.2 Å². The van der Waals surface area contributed by atoms with Crippen LogP contribution < -0.4 is 0 Å². The lowest BCUT2D eigenvalue weighted by Gasteiger charge is -2.33. The maximum Gasteiger partial charge on any atom is 0.273 e. The van der Waals surface area contributed by atoms with Crippen molar-refractivity contribution in [3.05, 3.63) is 45.4 Å². The summed E-state index contributed by atoms with van der Waals surface area (Å²) in [6.07, 6.45) is 3.25. The van der Waals surface area contributed by atoms with Crippen molar-refractivity contribution in [1.82, 2.24) is 24.2 Å². The number of aromatic nitrogens is 3. The molecule has 0 radical (unpaired) electrons. The van der Waals surface area contributed by atoms with Gasteiger partial charge in [-0.15, -0.1) is 22.7 Å². The number of amides is 1. The Morgan fingerprint density at radius 3 is 2.41 bits per heavy atom. The molecule has 0 atom stereocenters. The third kappa shape index (κ3) is 3.95. The van der Waals surface area contributed by atoms with Crippen LogP contribution in [0.5, 0.6) is 0 Å². The van der Waals surface area contributed by atoms with Crippen LogP contribution in [0.25, 0.3) is 10.8 Å². The molecule has 1 saturated heterocycles. The van der Waals surface area contributed by atoms with Gasteiger partial charge in [-0.3, -0.25) is 4.79 Å². The number of hydrogen-bond acceptors (Lipinski definition) is 8. The minimum absolute atomic E-state index is 0.206. The molecule has 3 aromatic rings. The molecule has 1 aliphatic rings. The SMILES string of the molecule is Cc1cc(S(=O)(=O)N2CCN(C(=O)c3csc(-c4ncccn4)n3)CC2)c(C)s1. The van der Waals surface area contributed by atoms with Gasteiger partial charge in [0.15, 0.2) is 10.8 Å². The zero-order chi connectivity index (χ0) is 20.6. The number of aryl methyl sites for hydroxylation is 2. The first-order chi connectivity index (χ1) is 13.9. The summed E-state index contributed by atoms with van der Waals surface area (Å²) in [5, 5.41) is 2.27. The molecule has 0 N–H and O–H groups in total. The van der Waals surface area contributed by atoms with Gasteiger partial charge in [-0.2, -0.15) is 4.31 Å². The summed E-state index contributed by atoms with van der Waals surface area (Å²) in [4.78, 5) is 29.2. The molecule has 0 aromatic carbocycles. The summed E-state index contributed by atoms with van der Waals surface area (Å²) >= 11 is 2.79. The molecule has 0 bridgehead atoms. The first-order valence-corrected chi connectivity index (χ1v) is 12.1. The quantitative estimate of drug-likeness (QED) is 0.607. The molecule has 29 heavy (non-hydrogen) atoms. The summed E-state index contributed by atoms with van der Waals surface area (Å²) in [6, 6.07) is 3.44. The Morgan fingerprint density at radius 2 is 1.79 bits per heavy atom. The Bertz CT molecular complexity index is 1130. The molecule has 1 aliphatic heterocycles. The van der Waals surface area contributed by atoms with Crippen molar-refractivity contribution in [2.45, 2.75) is 18.7 Å². The lowest BCUT2D eigenvalue weighted by Crippen LogP contribution is -2.50. The van der Waals surface area contributed by atoms with Crippen molar-refractivity contribution in [3.8, 4) is 10.8 Å². The lowest BCUT2D eigenvalue weighted by atomic mass is 10.3. The lowest BCUT2D eigenvalue weighted by molar-refractivity contribution is 0.0693. The third-order valence-electron chi connectivity index (χ3n) is 4.62. The highest BCUT2D eigenvalue weighted by molar-refractivity contribution is 7.89. The number of carbonyl (C=O) groups is 1. The van der Waals surface area contributed by atoms with E-state index in [9.17, 15) is 13.2 Å². The summed E-state index contributed by atoms with van der Waals surface area (Å²) in [7, 11) is -3.54. The fraction of sp³-hybridized carbons (Fsp3) is 0.333. The van der Waals surface area contributed by atoms with Crippen LogP contribution in [0.3, 0.4) is 0 Å². The van der Waals surface area contributed by atoms with E-state index in [0.717, 1.165) is 9.75 Å². The molecular weight excluding hydrogens is 430 g/mol. The Hall–Kier alpha value is -2.21. The van der Waals surface area contributed by atoms with E-state index >= 15 is 0 Å². The second-order valence-corrected chi connectivity index (χ2v) is 10.8. The van der Waals surface area contributed by atoms with Gasteiger partial charge in [0.25, 0.3) is 5.91 Å². The highest BCUT2D eigenvalue weighted by Gasteiger charge is 2.32. The number of hydrogen-bond donors (Lipinski definition) is 0. The van der Waals surface area contributed by atoms with Crippen LogP contribution in [-0.2, 0) is 10.0 Å². The Morgan fingerprint density at radius 1 is 1.10 bits per heavy atom. The summed E-state index contributed by atoms with van der Waals surface area (Å²) < 4.78 is 27.3. The van der Waals surface area contributed by atoms with Gasteiger partial charge in [0.05, 0.1) is 4.90 Å². The smallest absolute Gasteiger partial charge is 0.273 e. The second kappa shape index (κ2) is 7.90. The van der Waals surface area contributed by atoms with Crippen molar-refractivity contribution in [2.24, 2.45) is 0 Å². The molecule has 0 spiro atoms. The van der Waals surface area contributed by atoms with E-state index in [2.05, 4.69) is 15.0 Å². The molecule has 0 aliphatic carbocycles. The number of rotatable bonds is 4. The zero-order valence-corrected chi connectivity index (χ0v) is 18.4. The average Bonchev–Trinajstić information content (AvgIpc) is 3.35. The van der Waals surface area contributed by atoms with Gasteiger partial charge in [-0.1, -0.05) is 0 Å². The van der Waals surface area contributed by atoms with E-state index in [1.165, 1.54) is 27.0 Å². The van der Waals surface area contributed by atoms with Gasteiger partial charge in [0, 0.05) is 53.7 Å². The third-order valence-corrected chi connectivity index (χ3v) is 8.58. The van der Waals surface area contributed by atoms with E-state index < -0.39 is 10.0 Å². The number of carbonyl (C=O) groups excluding carboxylic acids is 1. The standard InChI is InChI=1S/C18H19N5O3S3/c1-12-10-15(13(2)28-12)29(25,26)23-8-6-22(7-9-23)18(24)14-11-27-17(21-14)16-19-4-3-5-20-16/h3-5,10-11H,6-9H2,1-2H3. The highest BCUT2D eigenvalue weighted by atomic mass is 32.2. The molecule has 1 fully saturated rings. The number of thiophene rings is 1. The highest BCUT2D eigenvalue weighted by Crippen LogP contribution is 2.28. The van der Waals surface area contributed by atoms with Crippen LogP contribution in [0.2, 0.25) is 0 Å². The molecular formula is C18H19N5O3S3. The minimum Gasteiger partial charge on any atom is -0.335 e. The molecule has 0 saturated carbocycles. The second-order valence-electron chi connectivity index (χ2n) is 6.58. The van der Waals surface area contributed by atoms with Gasteiger partial charge in [-0.05, 0) is 26.0 Å². The average molecular weight is 450 g/mol. The summed E-state index contributed by atoms with van der Waals surface area (Å²) in [5.41, 5.74) is 0.332. The van der Waals surface area contributed by atoms with Crippen LogP contribution in [0, 0.1) is 13.8 Å². The number of nitrogens with zero attached hydrogens (tertiary/aromatic N) is 5. The first kappa shape index (κ1) is 20.1. The van der Waals surface area contributed by atoms with Crippen molar-refractivity contribution >= 4 is 38.6 Å². The predicted octanol–water partition coefficient (Wildman–Crippen LogP) is 2.43. The van der Waals surface area contributed by atoms with Gasteiger partial charge in [-0.25, -0.2) is 23.4 Å². The van der Waals surface area contributed by atoms with Gasteiger partial charge in [0.1, 0.15) is 5.69 Å². The topological polar surface area (TPSA) is 96.4 Å². The van der Waals surface area contributed by atoms with E-state index in [-0.39, 0.29) is 19.0 Å². The Kier molecular flexibility index (Phi) is 5.47. The molecule has 11 heteroatoms. The Balaban J connectivity index is 1.44. The maximum absolute atomic E-state index is 12.9. The monoisotopic (exact) mass is 449 g/mol. The molecule has 1 amide bonds. The maximum atomic E-state index is 12.9. The van der Waals surface area contributed by atoms with E-state index in [0.29, 0.717) is 34.5 Å². The molecule has 152 valence electrons. The van der Waals surface area contributed by atoms with E-state index in [1.54, 1.807) is 34.8 Å². The summed E-state index contributed by atoms with van der Waals surface area (Å²) in [6.45, 7) is 4.91. The number of thiazole rings is 1. The minimum atomic E-state index is -3.54. The molecule has 8 nitrogen and oxygen atoms in total. The largest absolute Gasteiger partial charge is 0.335 e. The molecule has 0 unspecified atom stereocenters. The Labute approximate surface area is 176 Å². The van der Waals surface area contributed by atoms with E-state index in [1.807, 2.05) is 13.8 Å². The molecule has 3 aromatic heterocycles. The van der Waals surface area contributed by atoms with Crippen LogP contribution >= 0.6 is 22.7 Å². The van der Waals surface area contributed by atoms with Gasteiger partial charge in [0.2, 0.25) is 10.0 Å². The van der Waals surface area contributed by atoms with Crippen molar-refractivity contribution in [2.75, 3.05) is 26.2 Å². The van der Waals surface area contributed by atoms with Gasteiger partial charge >= 0.3 is 0 Å².